The van der Waals surface area contributed by atoms with E-state index in [4.69, 9.17) is 5.73 Å². The van der Waals surface area contributed by atoms with Gasteiger partial charge in [0.2, 0.25) is 0 Å². The van der Waals surface area contributed by atoms with Gasteiger partial charge in [-0.3, -0.25) is 4.79 Å². The largest absolute Gasteiger partial charge is 0.325 e. The van der Waals surface area contributed by atoms with Gasteiger partial charge in [0.15, 0.2) is 0 Å². The van der Waals surface area contributed by atoms with Crippen molar-refractivity contribution in [2.45, 2.75) is 19.9 Å². The quantitative estimate of drug-likeness (QED) is 0.888. The first-order valence-corrected chi connectivity index (χ1v) is 6.65. The van der Waals surface area contributed by atoms with E-state index in [-0.39, 0.29) is 5.91 Å². The fraction of sp³-hybridized carbons (Fsp3) is 0.231. The van der Waals surface area contributed by atoms with Crippen molar-refractivity contribution >= 4 is 22.9 Å². The second kappa shape index (κ2) is 5.75. The molecule has 0 aliphatic heterocycles. The van der Waals surface area contributed by atoms with E-state index in [0.717, 1.165) is 17.1 Å². The van der Waals surface area contributed by atoms with Gasteiger partial charge in [-0.05, 0) is 24.1 Å². The van der Waals surface area contributed by atoms with Crippen molar-refractivity contribution < 1.29 is 4.79 Å². The van der Waals surface area contributed by atoms with Gasteiger partial charge in [0, 0.05) is 17.6 Å². The number of rotatable bonds is 4. The highest BCUT2D eigenvalue weighted by molar-refractivity contribution is 7.09. The van der Waals surface area contributed by atoms with Crippen molar-refractivity contribution in [1.29, 1.82) is 0 Å². The van der Waals surface area contributed by atoms with Crippen LogP contribution in [0.25, 0.3) is 0 Å². The molecule has 3 N–H and O–H groups in total. The minimum Gasteiger partial charge on any atom is -0.325 e. The Morgan fingerprint density at radius 3 is 2.67 bits per heavy atom. The smallest absolute Gasteiger partial charge is 0.275 e. The molecule has 1 aromatic carbocycles. The summed E-state index contributed by atoms with van der Waals surface area (Å²) in [4.78, 5) is 16.0. The van der Waals surface area contributed by atoms with Gasteiger partial charge in [-0.25, -0.2) is 4.98 Å². The van der Waals surface area contributed by atoms with Crippen LogP contribution in [0.15, 0.2) is 29.6 Å². The molecule has 1 amide bonds. The van der Waals surface area contributed by atoms with Crippen LogP contribution in [0, 0.1) is 0 Å². The Balaban J connectivity index is 2.06. The summed E-state index contributed by atoms with van der Waals surface area (Å²) in [7, 11) is 0. The van der Waals surface area contributed by atoms with Gasteiger partial charge >= 0.3 is 0 Å². The third kappa shape index (κ3) is 2.94. The molecule has 0 unspecified atom stereocenters. The number of amides is 1. The Labute approximate surface area is 110 Å². The van der Waals surface area contributed by atoms with E-state index < -0.39 is 0 Å². The monoisotopic (exact) mass is 261 g/mol. The number of thiazole rings is 1. The number of anilines is 1. The van der Waals surface area contributed by atoms with E-state index in [1.165, 1.54) is 16.9 Å². The summed E-state index contributed by atoms with van der Waals surface area (Å²) in [6.07, 6.45) is 0.986. The van der Waals surface area contributed by atoms with Crippen LogP contribution >= 0.6 is 11.3 Å². The maximum atomic E-state index is 11.9. The first-order chi connectivity index (χ1) is 8.72. The van der Waals surface area contributed by atoms with Crippen molar-refractivity contribution in [3.05, 3.63) is 45.9 Å². The summed E-state index contributed by atoms with van der Waals surface area (Å²) >= 11 is 1.40. The van der Waals surface area contributed by atoms with Crippen molar-refractivity contribution in [2.24, 2.45) is 5.73 Å². The normalized spacial score (nSPS) is 10.3. The van der Waals surface area contributed by atoms with Gasteiger partial charge in [0.1, 0.15) is 10.7 Å². The number of benzene rings is 1. The third-order valence-electron chi connectivity index (χ3n) is 2.58. The predicted octanol–water partition coefficient (Wildman–Crippen LogP) is 2.42. The van der Waals surface area contributed by atoms with Crippen molar-refractivity contribution in [3.8, 4) is 0 Å². The molecular weight excluding hydrogens is 246 g/mol. The van der Waals surface area contributed by atoms with Crippen LogP contribution < -0.4 is 11.1 Å². The number of carbonyl (C=O) groups excluding carboxylic acids is 1. The molecule has 2 aromatic rings. The first-order valence-electron chi connectivity index (χ1n) is 5.77. The lowest BCUT2D eigenvalue weighted by molar-refractivity contribution is 0.102. The van der Waals surface area contributed by atoms with Gasteiger partial charge in [0.05, 0.1) is 0 Å². The highest BCUT2D eigenvalue weighted by Gasteiger charge is 2.10. The van der Waals surface area contributed by atoms with E-state index in [0.29, 0.717) is 12.2 Å². The van der Waals surface area contributed by atoms with Crippen LogP contribution in [0.4, 0.5) is 5.69 Å². The van der Waals surface area contributed by atoms with Crippen LogP contribution in [0.1, 0.15) is 28.0 Å². The average Bonchev–Trinajstić information content (AvgIpc) is 2.88. The van der Waals surface area contributed by atoms with Crippen LogP contribution in [0.5, 0.6) is 0 Å². The number of nitrogens with two attached hydrogens (primary N) is 1. The summed E-state index contributed by atoms with van der Waals surface area (Å²) in [5, 5.41) is 5.30. The van der Waals surface area contributed by atoms with Gasteiger partial charge in [-0.15, -0.1) is 11.3 Å². The minimum atomic E-state index is -0.199. The molecule has 0 radical (unpaired) electrons. The fourth-order valence-corrected chi connectivity index (χ4v) is 2.18. The van der Waals surface area contributed by atoms with Gasteiger partial charge in [-0.2, -0.15) is 0 Å². The molecule has 5 heteroatoms. The lowest BCUT2D eigenvalue weighted by Gasteiger charge is -2.04. The molecule has 18 heavy (non-hydrogen) atoms. The summed E-state index contributed by atoms with van der Waals surface area (Å²) < 4.78 is 0. The Morgan fingerprint density at radius 2 is 2.11 bits per heavy atom. The zero-order valence-corrected chi connectivity index (χ0v) is 11.0. The Kier molecular flexibility index (Phi) is 4.07. The van der Waals surface area contributed by atoms with Crippen LogP contribution in [-0.4, -0.2) is 10.9 Å². The van der Waals surface area contributed by atoms with E-state index >= 15 is 0 Å². The van der Waals surface area contributed by atoms with Crippen molar-refractivity contribution in [1.82, 2.24) is 4.98 Å². The Bertz CT molecular complexity index is 533. The molecule has 1 aromatic heterocycles. The summed E-state index contributed by atoms with van der Waals surface area (Å²) in [5.41, 5.74) is 7.90. The topological polar surface area (TPSA) is 68.0 Å². The lowest BCUT2D eigenvalue weighted by Crippen LogP contribution is -2.12. The SMILES string of the molecule is CCc1ccc(NC(=O)c2csc(CN)n2)cc1. The molecule has 1 heterocycles. The highest BCUT2D eigenvalue weighted by atomic mass is 32.1. The van der Waals surface area contributed by atoms with E-state index in [2.05, 4.69) is 17.2 Å². The molecule has 0 spiro atoms. The molecule has 0 aliphatic rings. The Hall–Kier alpha value is -1.72. The number of nitrogens with zero attached hydrogens (tertiary/aromatic N) is 1. The zero-order valence-electron chi connectivity index (χ0n) is 10.1. The number of aryl methyl sites for hydroxylation is 1. The summed E-state index contributed by atoms with van der Waals surface area (Å²) in [6, 6.07) is 7.80. The second-order valence-electron chi connectivity index (χ2n) is 3.84. The third-order valence-corrected chi connectivity index (χ3v) is 3.45. The first kappa shape index (κ1) is 12.7. The molecule has 94 valence electrons. The van der Waals surface area contributed by atoms with Crippen molar-refractivity contribution in [2.75, 3.05) is 5.32 Å². The molecule has 0 bridgehead atoms. The molecule has 0 aliphatic carbocycles. The highest BCUT2D eigenvalue weighted by Crippen LogP contribution is 2.13. The number of carbonyl (C=O) groups is 1. The summed E-state index contributed by atoms with van der Waals surface area (Å²) in [6.45, 7) is 2.46. The Morgan fingerprint density at radius 1 is 1.39 bits per heavy atom. The van der Waals surface area contributed by atoms with Crippen LogP contribution in [0.2, 0.25) is 0 Å². The molecule has 0 saturated heterocycles. The van der Waals surface area contributed by atoms with Gasteiger partial charge < -0.3 is 11.1 Å². The molecule has 0 fully saturated rings. The van der Waals surface area contributed by atoms with E-state index in [1.807, 2.05) is 24.3 Å². The molecular formula is C13H15N3OS. The number of hydrogen-bond acceptors (Lipinski definition) is 4. The number of hydrogen-bond donors (Lipinski definition) is 2. The predicted molar refractivity (Wildman–Crippen MR) is 73.8 cm³/mol. The lowest BCUT2D eigenvalue weighted by atomic mass is 10.1. The van der Waals surface area contributed by atoms with Crippen LogP contribution in [-0.2, 0) is 13.0 Å². The van der Waals surface area contributed by atoms with Crippen molar-refractivity contribution in [3.63, 3.8) is 0 Å². The number of nitrogens with one attached hydrogen (secondary N) is 1. The molecule has 0 saturated carbocycles. The molecule has 4 nitrogen and oxygen atoms in total. The summed E-state index contributed by atoms with van der Waals surface area (Å²) in [5.74, 6) is -0.199. The number of aromatic nitrogens is 1. The van der Waals surface area contributed by atoms with Gasteiger partial charge in [0.25, 0.3) is 5.91 Å². The molecule has 0 atom stereocenters. The molecule has 2 rings (SSSR count). The average molecular weight is 261 g/mol. The zero-order chi connectivity index (χ0) is 13.0. The van der Waals surface area contributed by atoms with E-state index in [9.17, 15) is 4.79 Å². The maximum Gasteiger partial charge on any atom is 0.275 e. The standard InChI is InChI=1S/C13H15N3OS/c1-2-9-3-5-10(6-4-9)15-13(17)11-8-18-12(7-14)16-11/h3-6,8H,2,7,14H2,1H3,(H,15,17). The minimum absolute atomic E-state index is 0.199. The van der Waals surface area contributed by atoms with Crippen LogP contribution in [0.3, 0.4) is 0 Å². The van der Waals surface area contributed by atoms with E-state index in [1.54, 1.807) is 5.38 Å². The second-order valence-corrected chi connectivity index (χ2v) is 4.78. The maximum absolute atomic E-state index is 11.9. The fourth-order valence-electron chi connectivity index (χ4n) is 1.53. The van der Waals surface area contributed by atoms with Gasteiger partial charge in [-0.1, -0.05) is 19.1 Å².